The number of carbonyl (C=O) groups is 2. The summed E-state index contributed by atoms with van der Waals surface area (Å²) in [4.78, 5) is 22.6. The van der Waals surface area contributed by atoms with Crippen molar-refractivity contribution in [2.75, 3.05) is 0 Å². The van der Waals surface area contributed by atoms with Gasteiger partial charge in [-0.1, -0.05) is 49.6 Å². The van der Waals surface area contributed by atoms with Gasteiger partial charge in [-0.15, -0.1) is 0 Å². The van der Waals surface area contributed by atoms with E-state index in [2.05, 4.69) is 13.2 Å². The molecule has 0 N–H and O–H groups in total. The third kappa shape index (κ3) is 11.6. The molecule has 6 heteroatoms. The van der Waals surface area contributed by atoms with E-state index < -0.39 is 23.5 Å². The number of hydrogen-bond acceptors (Lipinski definition) is 6. The number of benzene rings is 2. The maximum Gasteiger partial charge on any atom is 0.514 e. The van der Waals surface area contributed by atoms with E-state index in [9.17, 15) is 9.59 Å². The highest BCUT2D eigenvalue weighted by atomic mass is 16.7. The summed E-state index contributed by atoms with van der Waals surface area (Å²) in [6.07, 6.45) is 2.05. The summed E-state index contributed by atoms with van der Waals surface area (Å²) in [5.41, 5.74) is 0.851. The molecule has 6 nitrogen and oxygen atoms in total. The summed E-state index contributed by atoms with van der Waals surface area (Å²) in [7, 11) is 0. The molecule has 2 rings (SSSR count). The molecule has 0 radical (unpaired) electrons. The molecular formula is C26H32O6. The first-order valence-electron chi connectivity index (χ1n) is 10.1. The van der Waals surface area contributed by atoms with Crippen molar-refractivity contribution in [2.24, 2.45) is 0 Å². The number of rotatable bonds is 4. The Kier molecular flexibility index (Phi) is 9.72. The molecule has 0 saturated carbocycles. The fourth-order valence-electron chi connectivity index (χ4n) is 2.08. The molecule has 0 fully saturated rings. The fraction of sp³-hybridized carbons (Fsp3) is 0.308. The molecule has 0 spiro atoms. The van der Waals surface area contributed by atoms with Gasteiger partial charge in [0.2, 0.25) is 0 Å². The molecule has 0 atom stereocenters. The van der Waals surface area contributed by atoms with Crippen molar-refractivity contribution in [3.8, 4) is 11.5 Å². The molecule has 0 saturated heterocycles. The van der Waals surface area contributed by atoms with E-state index in [-0.39, 0.29) is 0 Å². The molecular weight excluding hydrogens is 408 g/mol. The van der Waals surface area contributed by atoms with Crippen LogP contribution in [0.25, 0.3) is 12.2 Å². The van der Waals surface area contributed by atoms with Crippen molar-refractivity contribution in [3.05, 3.63) is 72.8 Å². The first-order valence-corrected chi connectivity index (χ1v) is 10.1. The molecule has 0 heterocycles. The van der Waals surface area contributed by atoms with Crippen LogP contribution in [0.4, 0.5) is 9.59 Å². The minimum Gasteiger partial charge on any atom is -0.428 e. The number of carbonyl (C=O) groups excluding carboxylic acids is 2. The van der Waals surface area contributed by atoms with E-state index >= 15 is 0 Å². The Morgan fingerprint density at radius 3 is 1.12 bits per heavy atom. The van der Waals surface area contributed by atoms with Gasteiger partial charge in [-0.25, -0.2) is 9.59 Å². The van der Waals surface area contributed by atoms with Crippen molar-refractivity contribution in [1.82, 2.24) is 0 Å². The Hall–Kier alpha value is -3.54. The zero-order valence-corrected chi connectivity index (χ0v) is 19.6. The van der Waals surface area contributed by atoms with Gasteiger partial charge in [0.05, 0.1) is 0 Å². The second-order valence-corrected chi connectivity index (χ2v) is 8.68. The third-order valence-corrected chi connectivity index (χ3v) is 3.41. The lowest BCUT2D eigenvalue weighted by Gasteiger charge is -2.18. The Labute approximate surface area is 190 Å². The van der Waals surface area contributed by atoms with Gasteiger partial charge >= 0.3 is 12.3 Å². The van der Waals surface area contributed by atoms with Crippen molar-refractivity contribution in [1.29, 1.82) is 0 Å². The molecule has 0 unspecified atom stereocenters. The van der Waals surface area contributed by atoms with Gasteiger partial charge in [-0.2, -0.15) is 0 Å². The minimum atomic E-state index is -0.696. The maximum atomic E-state index is 11.3. The molecule has 2 aromatic carbocycles. The molecule has 0 aliphatic heterocycles. The molecule has 2 aromatic rings. The van der Waals surface area contributed by atoms with Crippen LogP contribution in [0.3, 0.4) is 0 Å². The molecule has 0 bridgehead atoms. The highest BCUT2D eigenvalue weighted by Gasteiger charge is 2.18. The Bertz CT molecular complexity index is 820. The van der Waals surface area contributed by atoms with Crippen molar-refractivity contribution in [3.63, 3.8) is 0 Å². The molecule has 32 heavy (non-hydrogen) atoms. The van der Waals surface area contributed by atoms with Crippen LogP contribution >= 0.6 is 0 Å². The van der Waals surface area contributed by atoms with Crippen LogP contribution in [0.2, 0.25) is 0 Å². The van der Waals surface area contributed by atoms with Crippen molar-refractivity contribution >= 4 is 24.5 Å². The van der Waals surface area contributed by atoms with Crippen LogP contribution in [0.1, 0.15) is 52.7 Å². The lowest BCUT2D eigenvalue weighted by molar-refractivity contribution is 0.0193. The summed E-state index contributed by atoms with van der Waals surface area (Å²) in [6.45, 7) is 18.0. The van der Waals surface area contributed by atoms with E-state index in [1.807, 2.05) is 24.3 Å². The maximum absolute atomic E-state index is 11.3. The summed E-state index contributed by atoms with van der Waals surface area (Å²) in [5, 5.41) is 0. The molecule has 0 aromatic heterocycles. The van der Waals surface area contributed by atoms with Crippen LogP contribution in [0.15, 0.2) is 61.7 Å². The van der Waals surface area contributed by atoms with Crippen LogP contribution in [0, 0.1) is 0 Å². The predicted molar refractivity (Wildman–Crippen MR) is 127 cm³/mol. The fourth-order valence-corrected chi connectivity index (χ4v) is 2.08. The molecule has 0 aliphatic carbocycles. The Morgan fingerprint density at radius 2 is 0.906 bits per heavy atom. The van der Waals surface area contributed by atoms with Crippen LogP contribution in [-0.2, 0) is 9.47 Å². The van der Waals surface area contributed by atoms with Crippen molar-refractivity contribution < 1.29 is 28.5 Å². The van der Waals surface area contributed by atoms with Gasteiger partial charge in [0.25, 0.3) is 0 Å². The quantitative estimate of drug-likeness (QED) is 0.367. The normalized spacial score (nSPS) is 10.7. The van der Waals surface area contributed by atoms with Gasteiger partial charge in [0.1, 0.15) is 22.7 Å². The van der Waals surface area contributed by atoms with E-state index in [1.54, 1.807) is 78.0 Å². The molecule has 0 amide bonds. The van der Waals surface area contributed by atoms with Crippen LogP contribution in [-0.4, -0.2) is 23.5 Å². The minimum absolute atomic E-state index is 0.458. The van der Waals surface area contributed by atoms with Crippen LogP contribution < -0.4 is 9.47 Å². The second kappa shape index (κ2) is 11.7. The SMILES string of the molecule is C=Cc1ccc(OC(=O)OC(C)(C)C)cc1.C=Cc1ccc(OC(=O)OC(C)(C)C)cc1. The zero-order chi connectivity index (χ0) is 24.4. The highest BCUT2D eigenvalue weighted by molar-refractivity contribution is 5.65. The first kappa shape index (κ1) is 26.5. The predicted octanol–water partition coefficient (Wildman–Crippen LogP) is 7.29. The number of ether oxygens (including phenoxy) is 4. The topological polar surface area (TPSA) is 71.1 Å². The lowest BCUT2D eigenvalue weighted by atomic mass is 10.2. The van der Waals surface area contributed by atoms with Crippen LogP contribution in [0.5, 0.6) is 11.5 Å². The van der Waals surface area contributed by atoms with Gasteiger partial charge in [0.15, 0.2) is 0 Å². The molecule has 0 aliphatic rings. The third-order valence-electron chi connectivity index (χ3n) is 3.41. The second-order valence-electron chi connectivity index (χ2n) is 8.68. The van der Waals surface area contributed by atoms with E-state index in [0.717, 1.165) is 11.1 Å². The summed E-state index contributed by atoms with van der Waals surface area (Å²) < 4.78 is 20.0. The van der Waals surface area contributed by atoms with Gasteiger partial charge in [-0.3, -0.25) is 0 Å². The van der Waals surface area contributed by atoms with E-state index in [4.69, 9.17) is 18.9 Å². The highest BCUT2D eigenvalue weighted by Crippen LogP contribution is 2.16. The summed E-state index contributed by atoms with van der Waals surface area (Å²) in [5.74, 6) is 0.916. The first-order chi connectivity index (χ1) is 14.8. The van der Waals surface area contributed by atoms with Gasteiger partial charge in [-0.05, 0) is 76.9 Å². The standard InChI is InChI=1S/2C13H16O3/c2*1-5-10-6-8-11(9-7-10)15-12(14)16-13(2,3)4/h2*5-9H,1H2,2-4H3. The Balaban J connectivity index is 0.000000320. The largest absolute Gasteiger partial charge is 0.514 e. The molecule has 172 valence electrons. The smallest absolute Gasteiger partial charge is 0.428 e. The van der Waals surface area contributed by atoms with Gasteiger partial charge in [0, 0.05) is 0 Å². The van der Waals surface area contributed by atoms with Crippen molar-refractivity contribution in [2.45, 2.75) is 52.7 Å². The van der Waals surface area contributed by atoms with E-state index in [0.29, 0.717) is 11.5 Å². The Morgan fingerprint density at radius 1 is 0.625 bits per heavy atom. The number of hydrogen-bond donors (Lipinski definition) is 0. The van der Waals surface area contributed by atoms with E-state index in [1.165, 1.54) is 0 Å². The monoisotopic (exact) mass is 440 g/mol. The summed E-state index contributed by atoms with van der Waals surface area (Å²) >= 11 is 0. The van der Waals surface area contributed by atoms with Gasteiger partial charge < -0.3 is 18.9 Å². The summed E-state index contributed by atoms with van der Waals surface area (Å²) in [6, 6.07) is 14.0. The lowest BCUT2D eigenvalue weighted by Crippen LogP contribution is -2.25. The zero-order valence-electron chi connectivity index (χ0n) is 19.6. The average Bonchev–Trinajstić information content (AvgIpc) is 2.66. The average molecular weight is 441 g/mol.